The Labute approximate surface area is 71.3 Å². The van der Waals surface area contributed by atoms with Crippen molar-refractivity contribution in [3.05, 3.63) is 0 Å². The van der Waals surface area contributed by atoms with E-state index in [2.05, 4.69) is 9.63 Å². The predicted molar refractivity (Wildman–Crippen MR) is 41.5 cm³/mol. The molecule has 72 valence electrons. The van der Waals surface area contributed by atoms with Crippen molar-refractivity contribution >= 4 is 16.5 Å². The van der Waals surface area contributed by atoms with Gasteiger partial charge in [0.2, 0.25) is 0 Å². The van der Waals surface area contributed by atoms with Crippen LogP contribution in [-0.4, -0.2) is 28.2 Å². The van der Waals surface area contributed by atoms with E-state index in [1.807, 2.05) is 0 Å². The summed E-state index contributed by atoms with van der Waals surface area (Å²) in [6.07, 6.45) is -0.366. The lowest BCUT2D eigenvalue weighted by molar-refractivity contribution is 0.167. The van der Waals surface area contributed by atoms with E-state index >= 15 is 0 Å². The lowest BCUT2D eigenvalue weighted by Gasteiger charge is -1.94. The van der Waals surface area contributed by atoms with Crippen LogP contribution in [0.2, 0.25) is 0 Å². The molecule has 0 amide bonds. The first-order chi connectivity index (χ1) is 5.40. The van der Waals surface area contributed by atoms with E-state index in [9.17, 15) is 9.13 Å². The van der Waals surface area contributed by atoms with Gasteiger partial charge in [-0.3, -0.25) is 5.32 Å². The maximum Gasteiger partial charge on any atom is 0.745 e. The number of aliphatic hydroxyl groups is 1. The van der Waals surface area contributed by atoms with E-state index in [1.165, 1.54) is 0 Å². The van der Waals surface area contributed by atoms with Crippen LogP contribution in [0.4, 0.5) is 0 Å². The summed E-state index contributed by atoms with van der Waals surface area (Å²) in [6.45, 7) is 1.67. The average Bonchev–Trinajstić information content (AvgIpc) is 1.85. The fourth-order valence-electron chi connectivity index (χ4n) is 0.0598. The van der Waals surface area contributed by atoms with Crippen LogP contribution in [0.15, 0.2) is 0 Å². The molecule has 0 aliphatic carbocycles. The van der Waals surface area contributed by atoms with Crippen LogP contribution in [0.1, 0.15) is 6.92 Å². The number of nitrogens with one attached hydrogen (secondary N) is 1. The van der Waals surface area contributed by atoms with Gasteiger partial charge in [-0.2, -0.15) is 0 Å². The topological polar surface area (TPSA) is 116 Å². The summed E-state index contributed by atoms with van der Waals surface area (Å²) in [5.74, 6) is 0. The van der Waals surface area contributed by atoms with E-state index in [0.717, 1.165) is 0 Å². The summed E-state index contributed by atoms with van der Waals surface area (Å²) >= 11 is 0. The van der Waals surface area contributed by atoms with Gasteiger partial charge >= 0.3 is 16.5 Å². The molecule has 12 heavy (non-hydrogen) atoms. The summed E-state index contributed by atoms with van der Waals surface area (Å²) in [4.78, 5) is 15.3. The Morgan fingerprint density at radius 2 is 1.58 bits per heavy atom. The predicted octanol–water partition coefficient (Wildman–Crippen LogP) is -0.154. The molecule has 0 rings (SSSR count). The quantitative estimate of drug-likeness (QED) is 0.385. The van der Waals surface area contributed by atoms with E-state index in [4.69, 9.17) is 14.9 Å². The molecule has 0 bridgehead atoms. The van der Waals surface area contributed by atoms with Crippen molar-refractivity contribution in [3.63, 3.8) is 0 Å². The summed E-state index contributed by atoms with van der Waals surface area (Å²) < 4.78 is 22.2. The summed E-state index contributed by atoms with van der Waals surface area (Å²) in [7, 11) is -4.15. The third kappa shape index (κ3) is 22.5. The van der Waals surface area contributed by atoms with E-state index < -0.39 is 16.5 Å². The van der Waals surface area contributed by atoms with Crippen molar-refractivity contribution in [2.24, 2.45) is 0 Å². The molecule has 0 heterocycles. The van der Waals surface area contributed by atoms with Gasteiger partial charge in [-0.1, -0.05) is 0 Å². The van der Waals surface area contributed by atoms with Crippen molar-refractivity contribution < 1.29 is 28.3 Å². The maximum absolute atomic E-state index is 9.39. The SMILES string of the molecule is CNC(C)O.O=[P+](O)O[P+](=O)O. The second-order valence-electron chi connectivity index (χ2n) is 1.52. The Balaban J connectivity index is 0. The Hall–Kier alpha value is -0.0000000000000000763. The monoisotopic (exact) mass is 219 g/mol. The van der Waals surface area contributed by atoms with Gasteiger partial charge in [0, 0.05) is 9.13 Å². The number of hydrogen-bond acceptors (Lipinski definition) is 5. The molecule has 0 radical (unpaired) electrons. The third-order valence-electron chi connectivity index (χ3n) is 0.557. The highest BCUT2D eigenvalue weighted by molar-refractivity contribution is 7.46. The number of aliphatic hydroxyl groups excluding tert-OH is 1. The molecule has 0 aromatic carbocycles. The Morgan fingerprint density at radius 1 is 1.33 bits per heavy atom. The summed E-state index contributed by atoms with van der Waals surface area (Å²) in [5.41, 5.74) is 0. The first-order valence-electron chi connectivity index (χ1n) is 2.75. The van der Waals surface area contributed by atoms with Crippen molar-refractivity contribution in [2.45, 2.75) is 13.2 Å². The van der Waals surface area contributed by atoms with Crippen LogP contribution >= 0.6 is 16.5 Å². The lowest BCUT2D eigenvalue weighted by atomic mass is 10.7. The van der Waals surface area contributed by atoms with E-state index in [1.54, 1.807) is 14.0 Å². The molecule has 0 spiro atoms. The lowest BCUT2D eigenvalue weighted by Crippen LogP contribution is -2.19. The van der Waals surface area contributed by atoms with Crippen molar-refractivity contribution in [1.82, 2.24) is 5.32 Å². The molecule has 9 heteroatoms. The van der Waals surface area contributed by atoms with Gasteiger partial charge in [0.15, 0.2) is 4.31 Å². The van der Waals surface area contributed by atoms with Crippen LogP contribution in [0.3, 0.4) is 0 Å². The summed E-state index contributed by atoms with van der Waals surface area (Å²) in [6, 6.07) is 0. The summed E-state index contributed by atoms with van der Waals surface area (Å²) in [5, 5.41) is 10.8. The van der Waals surface area contributed by atoms with Crippen LogP contribution in [-0.2, 0) is 13.4 Å². The van der Waals surface area contributed by atoms with Crippen molar-refractivity contribution in [2.75, 3.05) is 7.05 Å². The fraction of sp³-hybridized carbons (Fsp3) is 1.00. The van der Waals surface area contributed by atoms with Crippen LogP contribution < -0.4 is 5.32 Å². The van der Waals surface area contributed by atoms with Crippen molar-refractivity contribution in [1.29, 1.82) is 0 Å². The van der Waals surface area contributed by atoms with Gasteiger partial charge in [0.25, 0.3) is 0 Å². The standard InChI is InChI=1S/C3H9NO.O5P2/c1-3(5)4-2;1-6(2)5-7(3)4/h3-5H,1-2H3;/p+2. The zero-order valence-corrected chi connectivity index (χ0v) is 8.33. The Bertz CT molecular complexity index is 138. The molecule has 0 aromatic heterocycles. The van der Waals surface area contributed by atoms with Gasteiger partial charge in [0.1, 0.15) is 6.23 Å². The number of rotatable bonds is 3. The normalized spacial score (nSPS) is 14.1. The highest BCUT2D eigenvalue weighted by atomic mass is 31.2. The highest BCUT2D eigenvalue weighted by Crippen LogP contribution is 2.30. The molecule has 0 aliphatic rings. The average molecular weight is 219 g/mol. The minimum absolute atomic E-state index is 0.366. The zero-order chi connectivity index (χ0) is 10.1. The second-order valence-corrected chi connectivity index (χ2v) is 3.13. The van der Waals surface area contributed by atoms with Gasteiger partial charge in [-0.05, 0) is 14.0 Å². The molecule has 3 atom stereocenters. The van der Waals surface area contributed by atoms with Crippen molar-refractivity contribution in [3.8, 4) is 0 Å². The highest BCUT2D eigenvalue weighted by Gasteiger charge is 2.31. The van der Waals surface area contributed by atoms with Crippen LogP contribution in [0.5, 0.6) is 0 Å². The largest absolute Gasteiger partial charge is 0.745 e. The molecular weight excluding hydrogens is 208 g/mol. The molecule has 0 fully saturated rings. The maximum atomic E-state index is 9.39. The van der Waals surface area contributed by atoms with E-state index in [0.29, 0.717) is 0 Å². The molecule has 3 unspecified atom stereocenters. The molecule has 0 saturated heterocycles. The molecular formula is C3H11NO6P2+2. The first kappa shape index (κ1) is 14.5. The van der Waals surface area contributed by atoms with Gasteiger partial charge in [0.05, 0.1) is 0 Å². The molecule has 4 N–H and O–H groups in total. The molecule has 7 nitrogen and oxygen atoms in total. The van der Waals surface area contributed by atoms with Crippen LogP contribution in [0.25, 0.3) is 0 Å². The van der Waals surface area contributed by atoms with Gasteiger partial charge in [-0.15, -0.1) is 9.79 Å². The molecule has 0 aliphatic heterocycles. The van der Waals surface area contributed by atoms with Gasteiger partial charge in [-0.25, -0.2) is 0 Å². The Morgan fingerprint density at radius 3 is 1.58 bits per heavy atom. The first-order valence-corrected chi connectivity index (χ1v) is 5.02. The van der Waals surface area contributed by atoms with Gasteiger partial charge < -0.3 is 5.11 Å². The number of hydrogen-bond donors (Lipinski definition) is 4. The Kier molecular flexibility index (Phi) is 11.0. The molecule has 0 saturated carbocycles. The van der Waals surface area contributed by atoms with E-state index in [-0.39, 0.29) is 6.23 Å². The fourth-order valence-corrected chi connectivity index (χ4v) is 0.538. The van der Waals surface area contributed by atoms with Crippen LogP contribution in [0, 0.1) is 0 Å². The minimum atomic E-state index is -2.92. The second kappa shape index (κ2) is 9.09. The molecule has 0 aromatic rings. The minimum Gasteiger partial charge on any atom is -0.379 e. The smallest absolute Gasteiger partial charge is 0.379 e. The zero-order valence-electron chi connectivity index (χ0n) is 6.54. The third-order valence-corrected chi connectivity index (χ3v) is 1.68.